The Bertz CT molecular complexity index is 1200. The van der Waals surface area contributed by atoms with Crippen molar-refractivity contribution in [1.82, 2.24) is 9.03 Å². The molecule has 144 valence electrons. The van der Waals surface area contributed by atoms with Crippen molar-refractivity contribution >= 4 is 27.7 Å². The van der Waals surface area contributed by atoms with Gasteiger partial charge < -0.3 is 4.74 Å². The monoisotopic (exact) mass is 415 g/mol. The second kappa shape index (κ2) is 8.10. The number of nitrogens with one attached hydrogen (secondary N) is 1. The first kappa shape index (κ1) is 9.71. The van der Waals surface area contributed by atoms with Gasteiger partial charge in [-0.1, -0.05) is 30.7 Å². The molecule has 26 heavy (non-hydrogen) atoms. The van der Waals surface area contributed by atoms with E-state index in [9.17, 15) is 17.6 Å². The summed E-state index contributed by atoms with van der Waals surface area (Å²) in [6.45, 7) is -1.10. The maximum Gasteiger partial charge on any atom is 0.304 e. The Morgan fingerprint density at radius 2 is 2.08 bits per heavy atom. The molecule has 0 radical (unpaired) electrons. The molecule has 0 bridgehead atoms. The molecule has 6 nitrogen and oxygen atoms in total. The Balaban J connectivity index is 1.93. The Morgan fingerprint density at radius 3 is 2.69 bits per heavy atom. The van der Waals surface area contributed by atoms with Gasteiger partial charge >= 0.3 is 10.2 Å². The second-order valence-electron chi connectivity index (χ2n) is 5.34. The van der Waals surface area contributed by atoms with Gasteiger partial charge in [0.1, 0.15) is 11.6 Å². The Hall–Kier alpha value is -1.38. The lowest BCUT2D eigenvalue weighted by molar-refractivity contribution is 0.0973. The van der Waals surface area contributed by atoms with Crippen LogP contribution in [0.2, 0.25) is 5.02 Å². The highest BCUT2D eigenvalue weighted by Crippen LogP contribution is 2.30. The molecular weight excluding hydrogens is 383 g/mol. The first-order valence-corrected chi connectivity index (χ1v) is 9.25. The van der Waals surface area contributed by atoms with Gasteiger partial charge in [0.15, 0.2) is 0 Å². The summed E-state index contributed by atoms with van der Waals surface area (Å²) in [5.41, 5.74) is -0.814. The van der Waals surface area contributed by atoms with Crippen LogP contribution in [0.25, 0.3) is 0 Å². The van der Waals surface area contributed by atoms with Crippen LogP contribution in [0.15, 0.2) is 12.1 Å². The molecule has 0 atom stereocenters. The molecule has 9 heteroatoms. The van der Waals surface area contributed by atoms with E-state index in [2.05, 4.69) is 0 Å². The minimum atomic E-state index is -4.22. The maximum atomic E-state index is 14.7. The Kier molecular flexibility index (Phi) is 3.02. The summed E-state index contributed by atoms with van der Waals surface area (Å²) in [6.07, 6.45) is -17.9. The fourth-order valence-electron chi connectivity index (χ4n) is 2.08. The minimum Gasteiger partial charge on any atom is -0.492 e. The standard InChI is InChI=1S/C17H22ClFN2O4S/c18-14-9-13(17(22)20-26(23,24)21-7-4-8-21)15(19)10-16(14)25-11-12-5-2-1-3-6-12/h9-10,12H,1-8,11H2,(H,20,22)/i1D2,2D2,3D2,5D2,6D2,12D. The average Bonchev–Trinajstić information content (AvgIpc) is 2.70. The lowest BCUT2D eigenvalue weighted by Gasteiger charge is -2.29. The number of hydrogen-bond acceptors (Lipinski definition) is 4. The number of halogens is 2. The summed E-state index contributed by atoms with van der Waals surface area (Å²) in [4.78, 5) is 12.3. The van der Waals surface area contributed by atoms with Crippen molar-refractivity contribution in [2.75, 3.05) is 19.7 Å². The van der Waals surface area contributed by atoms with Crippen molar-refractivity contribution in [3.8, 4) is 5.75 Å². The molecule has 1 saturated carbocycles. The van der Waals surface area contributed by atoms with E-state index >= 15 is 0 Å². The minimum absolute atomic E-state index is 0.173. The van der Waals surface area contributed by atoms with Crippen LogP contribution in [0.1, 0.15) is 63.7 Å². The molecule has 0 unspecified atom stereocenters. The number of nitrogens with zero attached hydrogens (tertiary/aromatic N) is 1. The zero-order chi connectivity index (χ0) is 28.6. The largest absolute Gasteiger partial charge is 0.492 e. The van der Waals surface area contributed by atoms with Gasteiger partial charge in [0.05, 0.1) is 17.2 Å². The predicted molar refractivity (Wildman–Crippen MR) is 96.1 cm³/mol. The van der Waals surface area contributed by atoms with Gasteiger partial charge in [-0.3, -0.25) is 4.79 Å². The van der Waals surface area contributed by atoms with Crippen LogP contribution in [0, 0.1) is 11.7 Å². The van der Waals surface area contributed by atoms with Crippen LogP contribution >= 0.6 is 11.6 Å². The SMILES string of the molecule is [2H]C1([2H])C([2H])([2H])C([2H])([2H])C([2H])(COc2cc(F)c(C(=O)NS(=O)(=O)N3CCC3)cc2Cl)C([2H])([2H])C1([2H])[2H]. The molecule has 1 heterocycles. The number of amides is 1. The van der Waals surface area contributed by atoms with E-state index in [0.29, 0.717) is 18.6 Å². The number of hydrogen-bond donors (Lipinski definition) is 1. The van der Waals surface area contributed by atoms with Crippen LogP contribution < -0.4 is 9.46 Å². The molecular formula is C17H22ClFN2O4S. The van der Waals surface area contributed by atoms with Crippen molar-refractivity contribution in [3.63, 3.8) is 0 Å². The van der Waals surface area contributed by atoms with E-state index in [1.807, 2.05) is 0 Å². The smallest absolute Gasteiger partial charge is 0.304 e. The van der Waals surface area contributed by atoms with Gasteiger partial charge in [-0.15, -0.1) is 0 Å². The second-order valence-corrected chi connectivity index (χ2v) is 7.42. The van der Waals surface area contributed by atoms with Crippen LogP contribution in [0.3, 0.4) is 0 Å². The summed E-state index contributed by atoms with van der Waals surface area (Å²) in [5, 5.41) is -0.546. The van der Waals surface area contributed by atoms with Gasteiger partial charge in [0.2, 0.25) is 0 Å². The Labute approximate surface area is 173 Å². The molecule has 0 spiro atoms. The number of carbonyl (C=O) groups excluding carboxylic acids is 1. The third-order valence-electron chi connectivity index (χ3n) is 3.57. The molecule has 1 aliphatic carbocycles. The fourth-order valence-corrected chi connectivity index (χ4v) is 3.51. The molecule has 1 saturated heterocycles. The van der Waals surface area contributed by atoms with E-state index < -0.39 is 82.6 Å². The van der Waals surface area contributed by atoms with Crippen LogP contribution in [-0.4, -0.2) is 38.3 Å². The quantitative estimate of drug-likeness (QED) is 0.774. The first-order chi connectivity index (χ1) is 16.5. The molecule has 1 aromatic rings. The first-order valence-electron chi connectivity index (χ1n) is 12.9. The molecule has 2 fully saturated rings. The van der Waals surface area contributed by atoms with Crippen LogP contribution in [-0.2, 0) is 10.2 Å². The third kappa shape index (κ3) is 4.47. The van der Waals surface area contributed by atoms with E-state index in [-0.39, 0.29) is 13.1 Å². The number of ether oxygens (including phenoxy) is 1. The fraction of sp³-hybridized carbons (Fsp3) is 0.588. The van der Waals surface area contributed by atoms with Crippen molar-refractivity contribution in [2.24, 2.45) is 5.89 Å². The van der Waals surface area contributed by atoms with E-state index in [1.165, 1.54) is 0 Å². The van der Waals surface area contributed by atoms with Gasteiger partial charge in [0.25, 0.3) is 5.91 Å². The lowest BCUT2D eigenvalue weighted by Crippen LogP contribution is -2.49. The van der Waals surface area contributed by atoms with Crippen molar-refractivity contribution < 1.29 is 37.4 Å². The summed E-state index contributed by atoms with van der Waals surface area (Å²) >= 11 is 5.99. The molecule has 2 aliphatic rings. The van der Waals surface area contributed by atoms with Crippen molar-refractivity contribution in [3.05, 3.63) is 28.5 Å². The predicted octanol–water partition coefficient (Wildman–Crippen LogP) is 3.12. The highest BCUT2D eigenvalue weighted by atomic mass is 35.5. The molecule has 1 N–H and O–H groups in total. The maximum absolute atomic E-state index is 14.7. The van der Waals surface area contributed by atoms with Gasteiger partial charge in [-0.2, -0.15) is 12.7 Å². The van der Waals surface area contributed by atoms with Gasteiger partial charge in [0, 0.05) is 34.2 Å². The number of rotatable bonds is 6. The number of benzene rings is 1. The highest BCUT2D eigenvalue weighted by Gasteiger charge is 2.30. The Morgan fingerprint density at radius 1 is 1.38 bits per heavy atom. The summed E-state index contributed by atoms with van der Waals surface area (Å²) < 4.78 is 135. The molecule has 1 aromatic carbocycles. The lowest BCUT2D eigenvalue weighted by atomic mass is 9.90. The topological polar surface area (TPSA) is 75.7 Å². The van der Waals surface area contributed by atoms with Gasteiger partial charge in [-0.25, -0.2) is 9.11 Å². The van der Waals surface area contributed by atoms with E-state index in [4.69, 9.17) is 31.4 Å². The normalized spacial score (nSPS) is 36.2. The molecule has 1 amide bonds. The van der Waals surface area contributed by atoms with Crippen molar-refractivity contribution in [2.45, 2.75) is 38.3 Å². The average molecular weight is 416 g/mol. The van der Waals surface area contributed by atoms with E-state index in [1.54, 1.807) is 4.72 Å². The van der Waals surface area contributed by atoms with Crippen LogP contribution in [0.5, 0.6) is 5.75 Å². The summed E-state index contributed by atoms with van der Waals surface area (Å²) in [6, 6.07) is 1.15. The summed E-state index contributed by atoms with van der Waals surface area (Å²) in [5.74, 6) is -6.82. The molecule has 3 rings (SSSR count). The number of carbonyl (C=O) groups is 1. The van der Waals surface area contributed by atoms with E-state index in [0.717, 1.165) is 4.31 Å². The zero-order valence-electron chi connectivity index (χ0n) is 24.2. The van der Waals surface area contributed by atoms with Crippen molar-refractivity contribution in [1.29, 1.82) is 0 Å². The van der Waals surface area contributed by atoms with Gasteiger partial charge in [-0.05, 0) is 31.1 Å². The zero-order valence-corrected chi connectivity index (χ0v) is 14.8. The third-order valence-corrected chi connectivity index (χ3v) is 5.35. The summed E-state index contributed by atoms with van der Waals surface area (Å²) in [7, 11) is -4.22. The molecule has 1 aliphatic heterocycles. The van der Waals surface area contributed by atoms with Crippen LogP contribution in [0.4, 0.5) is 4.39 Å². The molecule has 0 aromatic heterocycles. The highest BCUT2D eigenvalue weighted by molar-refractivity contribution is 7.87.